The van der Waals surface area contributed by atoms with E-state index in [4.69, 9.17) is 0 Å². The van der Waals surface area contributed by atoms with Gasteiger partial charge in [-0.2, -0.15) is 0 Å². The lowest BCUT2D eigenvalue weighted by Crippen LogP contribution is -2.17. The van der Waals surface area contributed by atoms with Crippen LogP contribution in [0.5, 0.6) is 0 Å². The van der Waals surface area contributed by atoms with Gasteiger partial charge in [0.25, 0.3) is 0 Å². The van der Waals surface area contributed by atoms with Gasteiger partial charge in [-0.3, -0.25) is 0 Å². The third-order valence-corrected chi connectivity index (χ3v) is 4.63. The molecule has 2 rings (SSSR count). The number of benzene rings is 1. The molecular formula is C13H13Br2NS. The van der Waals surface area contributed by atoms with Crippen molar-refractivity contribution in [2.45, 2.75) is 19.5 Å². The first kappa shape index (κ1) is 13.3. The van der Waals surface area contributed by atoms with Gasteiger partial charge < -0.3 is 5.32 Å². The summed E-state index contributed by atoms with van der Waals surface area (Å²) in [6.07, 6.45) is 0. The first-order valence-electron chi connectivity index (χ1n) is 5.37. The first-order valence-corrected chi connectivity index (χ1v) is 7.83. The minimum atomic E-state index is 0.353. The molecule has 1 atom stereocenters. The van der Waals surface area contributed by atoms with E-state index in [-0.39, 0.29) is 0 Å². The summed E-state index contributed by atoms with van der Waals surface area (Å²) < 4.78 is 2.31. The largest absolute Gasteiger partial charge is 0.306 e. The Morgan fingerprint density at radius 1 is 1.29 bits per heavy atom. The summed E-state index contributed by atoms with van der Waals surface area (Å²) in [5, 5.41) is 5.69. The molecule has 0 spiro atoms. The topological polar surface area (TPSA) is 12.0 Å². The maximum atomic E-state index is 3.52. The first-order chi connectivity index (χ1) is 8.15. The second-order valence-electron chi connectivity index (χ2n) is 3.92. The Bertz CT molecular complexity index is 496. The Morgan fingerprint density at radius 2 is 2.12 bits per heavy atom. The minimum Gasteiger partial charge on any atom is -0.306 e. The molecule has 0 amide bonds. The number of rotatable bonds is 4. The fourth-order valence-corrected chi connectivity index (χ4v) is 3.23. The maximum Gasteiger partial charge on any atom is 0.0701 e. The van der Waals surface area contributed by atoms with Crippen LogP contribution in [0.2, 0.25) is 0 Å². The van der Waals surface area contributed by atoms with Gasteiger partial charge in [-0.25, -0.2) is 0 Å². The SMILES string of the molecule is CC(NCc1csc(Br)c1)c1cccc(Br)c1. The number of hydrogen-bond donors (Lipinski definition) is 1. The highest BCUT2D eigenvalue weighted by Gasteiger charge is 2.05. The van der Waals surface area contributed by atoms with Crippen molar-refractivity contribution in [2.24, 2.45) is 0 Å². The molecule has 1 nitrogen and oxygen atoms in total. The summed E-state index contributed by atoms with van der Waals surface area (Å²) in [6, 6.07) is 10.9. The molecule has 1 N–H and O–H groups in total. The summed E-state index contributed by atoms with van der Waals surface area (Å²) in [4.78, 5) is 0. The Kier molecular flexibility index (Phi) is 4.79. The summed E-state index contributed by atoms with van der Waals surface area (Å²) in [5.41, 5.74) is 2.62. The number of halogens is 2. The molecule has 0 fully saturated rings. The molecule has 90 valence electrons. The smallest absolute Gasteiger partial charge is 0.0701 e. The van der Waals surface area contributed by atoms with Crippen LogP contribution in [-0.2, 0) is 6.54 Å². The van der Waals surface area contributed by atoms with Gasteiger partial charge in [-0.05, 0) is 57.6 Å². The number of nitrogens with one attached hydrogen (secondary N) is 1. The van der Waals surface area contributed by atoms with Gasteiger partial charge in [-0.15, -0.1) is 11.3 Å². The van der Waals surface area contributed by atoms with E-state index in [0.29, 0.717) is 6.04 Å². The van der Waals surface area contributed by atoms with Gasteiger partial charge in [0.1, 0.15) is 0 Å². The van der Waals surface area contributed by atoms with E-state index in [1.807, 2.05) is 6.07 Å². The van der Waals surface area contributed by atoms with Crippen LogP contribution < -0.4 is 5.32 Å². The van der Waals surface area contributed by atoms with E-state index in [0.717, 1.165) is 11.0 Å². The molecule has 2 aromatic rings. The molecule has 1 heterocycles. The summed E-state index contributed by atoms with van der Waals surface area (Å²) in [6.45, 7) is 3.08. The molecule has 4 heteroatoms. The van der Waals surface area contributed by atoms with Gasteiger partial charge in [0.05, 0.1) is 3.79 Å². The van der Waals surface area contributed by atoms with E-state index in [1.165, 1.54) is 14.9 Å². The van der Waals surface area contributed by atoms with E-state index >= 15 is 0 Å². The molecule has 0 saturated heterocycles. The van der Waals surface area contributed by atoms with Crippen LogP contribution in [0.4, 0.5) is 0 Å². The zero-order chi connectivity index (χ0) is 12.3. The van der Waals surface area contributed by atoms with Crippen LogP contribution >= 0.6 is 43.2 Å². The highest BCUT2D eigenvalue weighted by Crippen LogP contribution is 2.22. The van der Waals surface area contributed by atoms with E-state index in [9.17, 15) is 0 Å². The third kappa shape index (κ3) is 3.91. The fraction of sp³-hybridized carbons (Fsp3) is 0.231. The highest BCUT2D eigenvalue weighted by atomic mass is 79.9. The third-order valence-electron chi connectivity index (χ3n) is 2.58. The molecule has 0 bridgehead atoms. The van der Waals surface area contributed by atoms with Crippen molar-refractivity contribution in [1.82, 2.24) is 5.32 Å². The second kappa shape index (κ2) is 6.14. The molecule has 17 heavy (non-hydrogen) atoms. The van der Waals surface area contributed by atoms with Crippen molar-refractivity contribution >= 4 is 43.2 Å². The predicted molar refractivity (Wildman–Crippen MR) is 81.4 cm³/mol. The van der Waals surface area contributed by atoms with Crippen LogP contribution in [0.15, 0.2) is 44.0 Å². The van der Waals surface area contributed by atoms with Gasteiger partial charge >= 0.3 is 0 Å². The van der Waals surface area contributed by atoms with Crippen molar-refractivity contribution in [3.63, 3.8) is 0 Å². The average Bonchev–Trinajstić information content (AvgIpc) is 2.72. The van der Waals surface area contributed by atoms with Crippen LogP contribution in [0, 0.1) is 0 Å². The molecule has 0 aliphatic rings. The summed E-state index contributed by atoms with van der Waals surface area (Å²) in [5.74, 6) is 0. The van der Waals surface area contributed by atoms with Gasteiger partial charge in [0.2, 0.25) is 0 Å². The van der Waals surface area contributed by atoms with Crippen molar-refractivity contribution in [1.29, 1.82) is 0 Å². The minimum absolute atomic E-state index is 0.353. The van der Waals surface area contributed by atoms with Gasteiger partial charge in [0, 0.05) is 17.1 Å². The standard InChI is InChI=1S/C13H13Br2NS/c1-9(11-3-2-4-12(14)6-11)16-7-10-5-13(15)17-8-10/h2-6,8-9,16H,7H2,1H3. The molecule has 0 radical (unpaired) electrons. The molecular weight excluding hydrogens is 362 g/mol. The van der Waals surface area contributed by atoms with Crippen molar-refractivity contribution < 1.29 is 0 Å². The lowest BCUT2D eigenvalue weighted by atomic mass is 10.1. The van der Waals surface area contributed by atoms with Crippen molar-refractivity contribution in [3.8, 4) is 0 Å². The predicted octanol–water partition coefficient (Wildman–Crippen LogP) is 5.12. The normalized spacial score (nSPS) is 12.6. The monoisotopic (exact) mass is 373 g/mol. The van der Waals surface area contributed by atoms with E-state index in [1.54, 1.807) is 11.3 Å². The van der Waals surface area contributed by atoms with Crippen LogP contribution in [-0.4, -0.2) is 0 Å². The zero-order valence-corrected chi connectivity index (χ0v) is 13.4. The average molecular weight is 375 g/mol. The lowest BCUT2D eigenvalue weighted by Gasteiger charge is -2.13. The van der Waals surface area contributed by atoms with Crippen LogP contribution in [0.3, 0.4) is 0 Å². The Hall–Kier alpha value is -0.160. The number of hydrogen-bond acceptors (Lipinski definition) is 2. The van der Waals surface area contributed by atoms with E-state index in [2.05, 4.69) is 73.7 Å². The molecule has 0 aliphatic carbocycles. The summed E-state index contributed by atoms with van der Waals surface area (Å²) >= 11 is 8.70. The summed E-state index contributed by atoms with van der Waals surface area (Å²) in [7, 11) is 0. The van der Waals surface area contributed by atoms with Gasteiger partial charge in [0.15, 0.2) is 0 Å². The maximum absolute atomic E-state index is 3.52. The lowest BCUT2D eigenvalue weighted by molar-refractivity contribution is 0.575. The van der Waals surface area contributed by atoms with Gasteiger partial charge in [-0.1, -0.05) is 28.1 Å². The Morgan fingerprint density at radius 3 is 2.76 bits per heavy atom. The highest BCUT2D eigenvalue weighted by molar-refractivity contribution is 9.11. The molecule has 1 unspecified atom stereocenters. The quantitative estimate of drug-likeness (QED) is 0.782. The Labute approximate surface area is 123 Å². The molecule has 1 aromatic carbocycles. The van der Waals surface area contributed by atoms with Crippen molar-refractivity contribution in [3.05, 3.63) is 55.1 Å². The van der Waals surface area contributed by atoms with Crippen LogP contribution in [0.1, 0.15) is 24.1 Å². The van der Waals surface area contributed by atoms with Crippen LogP contribution in [0.25, 0.3) is 0 Å². The zero-order valence-electron chi connectivity index (χ0n) is 9.41. The Balaban J connectivity index is 1.95. The second-order valence-corrected chi connectivity index (χ2v) is 7.12. The van der Waals surface area contributed by atoms with Crippen molar-refractivity contribution in [2.75, 3.05) is 0 Å². The molecule has 0 saturated carbocycles. The molecule has 1 aromatic heterocycles. The fourth-order valence-electron chi connectivity index (χ4n) is 1.60. The van der Waals surface area contributed by atoms with E-state index < -0.39 is 0 Å². The number of thiophene rings is 1. The molecule has 0 aliphatic heterocycles.